The number of allylic oxidation sites excluding steroid dienone is 2. The molecule has 4 heteroatoms. The van der Waals surface area contributed by atoms with Crippen LogP contribution in [0.1, 0.15) is 70.0 Å². The van der Waals surface area contributed by atoms with E-state index in [1.165, 1.54) is 36.1 Å². The van der Waals surface area contributed by atoms with Crippen LogP contribution in [0.25, 0.3) is 12.2 Å². The van der Waals surface area contributed by atoms with Gasteiger partial charge in [-0.25, -0.2) is 0 Å². The molecular weight excluding hydrogens is 503 g/mol. The van der Waals surface area contributed by atoms with Crippen LogP contribution >= 0.6 is 0 Å². The van der Waals surface area contributed by atoms with E-state index in [-0.39, 0.29) is 24.8 Å². The molecule has 2 aliphatic carbocycles. The van der Waals surface area contributed by atoms with Crippen LogP contribution < -0.4 is 24.8 Å². The van der Waals surface area contributed by atoms with Crippen molar-refractivity contribution in [3.63, 3.8) is 0 Å². The smallest absolute Gasteiger partial charge is 1.00 e. The summed E-state index contributed by atoms with van der Waals surface area (Å²) in [5.41, 5.74) is 9.94. The summed E-state index contributed by atoms with van der Waals surface area (Å²) in [5, 5.41) is 0. The molecule has 0 bridgehead atoms. The fourth-order valence-electron chi connectivity index (χ4n) is 5.57. The molecule has 2 unspecified atom stereocenters. The average molecular weight is 536 g/mol. The fourth-order valence-corrected chi connectivity index (χ4v) is 34.0. The Kier molecular flexibility index (Phi) is 9.88. The van der Waals surface area contributed by atoms with Crippen molar-refractivity contribution in [1.82, 2.24) is 0 Å². The van der Waals surface area contributed by atoms with Crippen molar-refractivity contribution in [1.29, 1.82) is 0 Å². The second-order valence-electron chi connectivity index (χ2n) is 8.28. The first kappa shape index (κ1) is 25.9. The summed E-state index contributed by atoms with van der Waals surface area (Å²) in [6.07, 6.45) is 7.57. The van der Waals surface area contributed by atoms with E-state index in [1.54, 1.807) is 22.3 Å². The van der Waals surface area contributed by atoms with Crippen LogP contribution in [0.2, 0.25) is 12.1 Å². The third kappa shape index (κ3) is 4.54. The average Bonchev–Trinajstić information content (AvgIpc) is 3.30. The van der Waals surface area contributed by atoms with Gasteiger partial charge in [0.15, 0.2) is 0 Å². The van der Waals surface area contributed by atoms with E-state index >= 15 is 0 Å². The van der Waals surface area contributed by atoms with Gasteiger partial charge in [-0.15, -0.1) is 0 Å². The fraction of sp³-hybridized carbons (Fsp3) is 0.385. The number of benzene rings is 2. The zero-order chi connectivity index (χ0) is 19.7. The first-order valence-corrected chi connectivity index (χ1v) is 20.5. The molecule has 4 rings (SSSR count). The number of hydrogen-bond donors (Lipinski definition) is 0. The predicted octanol–water partition coefficient (Wildman–Crippen LogP) is 1.47. The Bertz CT molecular complexity index is 847. The molecule has 0 nitrogen and oxygen atoms in total. The number of fused-ring (bicyclic) bond motifs is 2. The molecule has 0 N–H and O–H groups in total. The Balaban J connectivity index is 0.00000160. The number of rotatable bonds is 7. The molecule has 0 amide bonds. The maximum Gasteiger partial charge on any atom is -1.00 e. The van der Waals surface area contributed by atoms with Crippen molar-refractivity contribution in [2.45, 2.75) is 59.9 Å². The minimum absolute atomic E-state index is 0. The van der Waals surface area contributed by atoms with Crippen molar-refractivity contribution in [3.05, 3.63) is 81.9 Å². The Morgan fingerprint density at radius 1 is 0.667 bits per heavy atom. The van der Waals surface area contributed by atoms with Crippen LogP contribution in [-0.4, -0.2) is 5.92 Å². The van der Waals surface area contributed by atoms with E-state index in [1.807, 2.05) is 0 Å². The van der Waals surface area contributed by atoms with Gasteiger partial charge in [-0.1, -0.05) is 0 Å². The second kappa shape index (κ2) is 11.5. The molecule has 2 aliphatic rings. The zero-order valence-electron chi connectivity index (χ0n) is 18.6. The minimum Gasteiger partial charge on any atom is -1.00 e. The Morgan fingerprint density at radius 2 is 1.07 bits per heavy atom. The van der Waals surface area contributed by atoms with Gasteiger partial charge in [0.2, 0.25) is 0 Å². The molecule has 0 fully saturated rings. The summed E-state index contributed by atoms with van der Waals surface area (Å²) in [5.74, 6) is -0.721. The molecule has 30 heavy (non-hydrogen) atoms. The Labute approximate surface area is 204 Å². The van der Waals surface area contributed by atoms with Crippen molar-refractivity contribution >= 4 is 18.1 Å². The van der Waals surface area contributed by atoms with Crippen LogP contribution in [0.4, 0.5) is 0 Å². The molecule has 0 heterocycles. The standard InChI is InChI=1S/2C11H11.C4H11Si.2ClH.Zr/c2*1-2-9-7-10-5-3-4-6-11(10)8-9;1-3-5-4-2;;;/h2*3-8H,2H2,1H3;5H,3-4H2,1-2H3;2*1H;/q;;;;;+2/p-2. The Morgan fingerprint density at radius 3 is 1.43 bits per heavy atom. The monoisotopic (exact) mass is 533 g/mol. The van der Waals surface area contributed by atoms with Crippen LogP contribution in [0.3, 0.4) is 0 Å². The Hall–Kier alpha value is -0.400. The van der Waals surface area contributed by atoms with E-state index in [2.05, 4.69) is 88.4 Å². The van der Waals surface area contributed by atoms with Crippen LogP contribution in [0, 0.1) is 0 Å². The first-order valence-electron chi connectivity index (χ1n) is 11.2. The molecule has 2 atom stereocenters. The van der Waals surface area contributed by atoms with E-state index < -0.39 is 26.8 Å². The van der Waals surface area contributed by atoms with Gasteiger partial charge in [-0.05, 0) is 0 Å². The molecular formula is C26H33Cl2SiZr. The molecule has 2 aromatic carbocycles. The van der Waals surface area contributed by atoms with Gasteiger partial charge in [0.05, 0.1) is 0 Å². The largest absolute Gasteiger partial charge is 1.00 e. The van der Waals surface area contributed by atoms with Crippen LogP contribution in [0.5, 0.6) is 0 Å². The van der Waals surface area contributed by atoms with Gasteiger partial charge < -0.3 is 24.8 Å². The SMILES string of the molecule is CCC1=Cc2ccccc2[CH]1[Zr+2]([CH]1C(CC)=Cc2ccccc21)[SiH](CC)CC.[Cl-].[Cl-]. The van der Waals surface area contributed by atoms with Gasteiger partial charge in [-0.3, -0.25) is 0 Å². The van der Waals surface area contributed by atoms with E-state index in [9.17, 15) is 0 Å². The van der Waals surface area contributed by atoms with E-state index in [4.69, 9.17) is 0 Å². The second-order valence-corrected chi connectivity index (χ2v) is 26.6. The summed E-state index contributed by atoms with van der Waals surface area (Å²) in [7, 11) is 0. The third-order valence-corrected chi connectivity index (χ3v) is 33.4. The summed E-state index contributed by atoms with van der Waals surface area (Å²) in [6, 6.07) is 21.6. The molecule has 0 saturated heterocycles. The summed E-state index contributed by atoms with van der Waals surface area (Å²) in [6.45, 7) is 9.79. The quantitative estimate of drug-likeness (QED) is 0.472. The molecule has 0 radical (unpaired) electrons. The minimum atomic E-state index is -1.85. The predicted molar refractivity (Wildman–Crippen MR) is 123 cm³/mol. The topological polar surface area (TPSA) is 0 Å². The third-order valence-electron chi connectivity index (χ3n) is 6.98. The van der Waals surface area contributed by atoms with Crippen molar-refractivity contribution in [2.75, 3.05) is 0 Å². The molecule has 0 aliphatic heterocycles. The zero-order valence-corrected chi connectivity index (χ0v) is 23.7. The van der Waals surface area contributed by atoms with Crippen LogP contribution in [-0.2, 0) is 20.9 Å². The summed E-state index contributed by atoms with van der Waals surface area (Å²) < 4.78 is 1.62. The van der Waals surface area contributed by atoms with Crippen molar-refractivity contribution in [3.8, 4) is 0 Å². The summed E-state index contributed by atoms with van der Waals surface area (Å²) in [4.78, 5) is 0. The van der Waals surface area contributed by atoms with Crippen molar-refractivity contribution < 1.29 is 45.7 Å². The maximum atomic E-state index is 2.56. The van der Waals surface area contributed by atoms with E-state index in [0.29, 0.717) is 0 Å². The maximum absolute atomic E-state index is 2.56. The normalized spacial score (nSPS) is 18.7. The van der Waals surface area contributed by atoms with Gasteiger partial charge in [0, 0.05) is 0 Å². The molecule has 0 saturated carbocycles. The molecule has 159 valence electrons. The van der Waals surface area contributed by atoms with Gasteiger partial charge in [0.1, 0.15) is 0 Å². The van der Waals surface area contributed by atoms with Gasteiger partial charge >= 0.3 is 181 Å². The number of hydrogen-bond acceptors (Lipinski definition) is 0. The van der Waals surface area contributed by atoms with Crippen molar-refractivity contribution in [2.24, 2.45) is 0 Å². The summed E-state index contributed by atoms with van der Waals surface area (Å²) >= 11 is -1.85. The number of halogens is 2. The molecule has 0 spiro atoms. The van der Waals surface area contributed by atoms with E-state index in [0.717, 1.165) is 7.25 Å². The van der Waals surface area contributed by atoms with Gasteiger partial charge in [0.25, 0.3) is 0 Å². The molecule has 0 aromatic heterocycles. The molecule has 2 aromatic rings. The van der Waals surface area contributed by atoms with Gasteiger partial charge in [-0.2, -0.15) is 0 Å². The van der Waals surface area contributed by atoms with Crippen LogP contribution in [0.15, 0.2) is 59.7 Å². The first-order chi connectivity index (χ1) is 13.7.